The van der Waals surface area contributed by atoms with E-state index in [-0.39, 0.29) is 11.3 Å². The predicted octanol–water partition coefficient (Wildman–Crippen LogP) is 2.47. The average Bonchev–Trinajstić information content (AvgIpc) is 2.54. The number of carbonyl (C=O) groups is 1. The van der Waals surface area contributed by atoms with Gasteiger partial charge in [0.15, 0.2) is 0 Å². The van der Waals surface area contributed by atoms with Crippen LogP contribution in [-0.4, -0.2) is 17.8 Å². The lowest BCUT2D eigenvalue weighted by Gasteiger charge is -2.21. The van der Waals surface area contributed by atoms with Gasteiger partial charge in [0.25, 0.3) is 0 Å². The summed E-state index contributed by atoms with van der Waals surface area (Å²) in [5, 5.41) is 3.96. The number of halogens is 1. The Bertz CT molecular complexity index is 176. The molecule has 0 bridgehead atoms. The van der Waals surface area contributed by atoms with Crippen molar-refractivity contribution in [3.63, 3.8) is 0 Å². The molecule has 1 fully saturated rings. The molecular formula is C10H18BrNO. The summed E-state index contributed by atoms with van der Waals surface area (Å²) >= 11 is 3.35. The third-order valence-corrected chi connectivity index (χ3v) is 3.41. The van der Waals surface area contributed by atoms with E-state index in [0.717, 1.165) is 31.1 Å². The molecule has 0 aromatic heterocycles. The van der Waals surface area contributed by atoms with E-state index < -0.39 is 0 Å². The van der Waals surface area contributed by atoms with Gasteiger partial charge in [-0.1, -0.05) is 35.7 Å². The zero-order chi connectivity index (χ0) is 9.73. The number of amides is 1. The van der Waals surface area contributed by atoms with Gasteiger partial charge in [-0.3, -0.25) is 4.79 Å². The molecule has 1 N–H and O–H groups in total. The molecule has 76 valence electrons. The van der Waals surface area contributed by atoms with Crippen molar-refractivity contribution in [1.82, 2.24) is 5.32 Å². The molecule has 2 nitrogen and oxygen atoms in total. The van der Waals surface area contributed by atoms with E-state index in [1.54, 1.807) is 0 Å². The Morgan fingerprint density at radius 2 is 2.08 bits per heavy atom. The van der Waals surface area contributed by atoms with E-state index in [0.29, 0.717) is 0 Å². The van der Waals surface area contributed by atoms with E-state index in [1.807, 2.05) is 0 Å². The van der Waals surface area contributed by atoms with Crippen molar-refractivity contribution in [2.75, 3.05) is 11.9 Å². The molecule has 1 amide bonds. The fraction of sp³-hybridized carbons (Fsp3) is 0.900. The predicted molar refractivity (Wildman–Crippen MR) is 58.0 cm³/mol. The van der Waals surface area contributed by atoms with Gasteiger partial charge in [0.1, 0.15) is 0 Å². The smallest absolute Gasteiger partial charge is 0.225 e. The largest absolute Gasteiger partial charge is 0.356 e. The maximum absolute atomic E-state index is 11.7. The lowest BCUT2D eigenvalue weighted by molar-refractivity contribution is -0.129. The third-order valence-electron chi connectivity index (χ3n) is 2.85. The van der Waals surface area contributed by atoms with Gasteiger partial charge in [0.2, 0.25) is 5.91 Å². The fourth-order valence-corrected chi connectivity index (χ4v) is 2.14. The SMILES string of the molecule is CC1(C(=O)NCCCBr)CCCC1. The van der Waals surface area contributed by atoms with Crippen LogP contribution >= 0.6 is 15.9 Å². The van der Waals surface area contributed by atoms with Crippen molar-refractivity contribution >= 4 is 21.8 Å². The van der Waals surface area contributed by atoms with E-state index in [9.17, 15) is 4.79 Å². The molecule has 0 saturated heterocycles. The number of nitrogens with one attached hydrogen (secondary N) is 1. The Labute approximate surface area is 88.6 Å². The summed E-state index contributed by atoms with van der Waals surface area (Å²) in [4.78, 5) is 11.7. The molecule has 0 aromatic carbocycles. The molecule has 0 aliphatic heterocycles. The van der Waals surface area contributed by atoms with Crippen molar-refractivity contribution < 1.29 is 4.79 Å². The van der Waals surface area contributed by atoms with Crippen LogP contribution in [-0.2, 0) is 4.79 Å². The third kappa shape index (κ3) is 2.97. The van der Waals surface area contributed by atoms with Gasteiger partial charge in [0, 0.05) is 17.3 Å². The van der Waals surface area contributed by atoms with Crippen LogP contribution in [0.4, 0.5) is 0 Å². The topological polar surface area (TPSA) is 29.1 Å². The second kappa shape index (κ2) is 4.99. The van der Waals surface area contributed by atoms with Crippen LogP contribution < -0.4 is 5.32 Å². The summed E-state index contributed by atoms with van der Waals surface area (Å²) in [7, 11) is 0. The summed E-state index contributed by atoms with van der Waals surface area (Å²) in [5.41, 5.74) is -0.0632. The summed E-state index contributed by atoms with van der Waals surface area (Å²) in [6.45, 7) is 2.89. The van der Waals surface area contributed by atoms with Crippen molar-refractivity contribution in [3.05, 3.63) is 0 Å². The van der Waals surface area contributed by atoms with Gasteiger partial charge in [-0.15, -0.1) is 0 Å². The van der Waals surface area contributed by atoms with Gasteiger partial charge in [-0.05, 0) is 19.3 Å². The van der Waals surface area contributed by atoms with Crippen molar-refractivity contribution in [2.24, 2.45) is 5.41 Å². The minimum atomic E-state index is -0.0632. The molecule has 0 unspecified atom stereocenters. The molecule has 0 aromatic rings. The molecule has 1 aliphatic carbocycles. The van der Waals surface area contributed by atoms with Crippen LogP contribution in [0.25, 0.3) is 0 Å². The first-order chi connectivity index (χ1) is 6.19. The molecule has 13 heavy (non-hydrogen) atoms. The van der Waals surface area contributed by atoms with Crippen molar-refractivity contribution in [2.45, 2.75) is 39.0 Å². The highest BCUT2D eigenvalue weighted by Gasteiger charge is 2.35. The van der Waals surface area contributed by atoms with Crippen LogP contribution in [0.5, 0.6) is 0 Å². The summed E-state index contributed by atoms with van der Waals surface area (Å²) < 4.78 is 0. The number of hydrogen-bond donors (Lipinski definition) is 1. The second-order valence-electron chi connectivity index (χ2n) is 4.07. The Hall–Kier alpha value is -0.0500. The van der Waals surface area contributed by atoms with E-state index >= 15 is 0 Å². The molecule has 1 aliphatic rings. The molecule has 1 rings (SSSR count). The highest BCUT2D eigenvalue weighted by molar-refractivity contribution is 9.09. The Kier molecular flexibility index (Phi) is 4.23. The molecule has 0 heterocycles. The molecular weight excluding hydrogens is 230 g/mol. The first-order valence-corrected chi connectivity index (χ1v) is 6.15. The number of rotatable bonds is 4. The quantitative estimate of drug-likeness (QED) is 0.601. The summed E-state index contributed by atoms with van der Waals surface area (Å²) in [5.74, 6) is 0.256. The number of carbonyl (C=O) groups excluding carboxylic acids is 1. The van der Waals surface area contributed by atoms with Crippen LogP contribution in [0.3, 0.4) is 0 Å². The van der Waals surface area contributed by atoms with E-state index in [2.05, 4.69) is 28.2 Å². The zero-order valence-corrected chi connectivity index (χ0v) is 9.82. The highest BCUT2D eigenvalue weighted by atomic mass is 79.9. The monoisotopic (exact) mass is 247 g/mol. The van der Waals surface area contributed by atoms with Gasteiger partial charge >= 0.3 is 0 Å². The number of alkyl halides is 1. The Morgan fingerprint density at radius 1 is 1.46 bits per heavy atom. The highest BCUT2D eigenvalue weighted by Crippen LogP contribution is 2.37. The second-order valence-corrected chi connectivity index (χ2v) is 4.86. The van der Waals surface area contributed by atoms with Gasteiger partial charge < -0.3 is 5.32 Å². The molecule has 0 radical (unpaired) electrons. The van der Waals surface area contributed by atoms with Crippen LogP contribution in [0.2, 0.25) is 0 Å². The maximum Gasteiger partial charge on any atom is 0.225 e. The summed E-state index contributed by atoms with van der Waals surface area (Å²) in [6, 6.07) is 0. The first kappa shape index (κ1) is 11.0. The molecule has 3 heteroatoms. The minimum Gasteiger partial charge on any atom is -0.356 e. The zero-order valence-electron chi connectivity index (χ0n) is 8.24. The van der Waals surface area contributed by atoms with Gasteiger partial charge in [-0.2, -0.15) is 0 Å². The number of hydrogen-bond acceptors (Lipinski definition) is 1. The summed E-state index contributed by atoms with van der Waals surface area (Å²) in [6.07, 6.45) is 5.56. The molecule has 0 atom stereocenters. The van der Waals surface area contributed by atoms with E-state index in [4.69, 9.17) is 0 Å². The van der Waals surface area contributed by atoms with E-state index in [1.165, 1.54) is 12.8 Å². The first-order valence-electron chi connectivity index (χ1n) is 5.03. The Morgan fingerprint density at radius 3 is 2.62 bits per heavy atom. The lowest BCUT2D eigenvalue weighted by atomic mass is 9.88. The van der Waals surface area contributed by atoms with Gasteiger partial charge in [0.05, 0.1) is 0 Å². The van der Waals surface area contributed by atoms with Crippen molar-refractivity contribution in [1.29, 1.82) is 0 Å². The van der Waals surface area contributed by atoms with Gasteiger partial charge in [-0.25, -0.2) is 0 Å². The molecule has 1 saturated carbocycles. The average molecular weight is 248 g/mol. The van der Waals surface area contributed by atoms with Crippen LogP contribution in [0.15, 0.2) is 0 Å². The van der Waals surface area contributed by atoms with Crippen molar-refractivity contribution in [3.8, 4) is 0 Å². The fourth-order valence-electron chi connectivity index (χ4n) is 1.86. The minimum absolute atomic E-state index is 0.0632. The molecule has 0 spiro atoms. The standard InChI is InChI=1S/C10H18BrNO/c1-10(5-2-3-6-10)9(13)12-8-4-7-11/h2-8H2,1H3,(H,12,13). The maximum atomic E-state index is 11.7. The van der Waals surface area contributed by atoms with Crippen LogP contribution in [0.1, 0.15) is 39.0 Å². The normalized spacial score (nSPS) is 20.2. The Balaban J connectivity index is 2.29. The lowest BCUT2D eigenvalue weighted by Crippen LogP contribution is -2.37. The van der Waals surface area contributed by atoms with Crippen LogP contribution in [0, 0.1) is 5.41 Å².